The van der Waals surface area contributed by atoms with Crippen molar-refractivity contribution < 1.29 is 14.6 Å². The molecule has 0 amide bonds. The molecule has 0 fully saturated rings. The van der Waals surface area contributed by atoms with Gasteiger partial charge < -0.3 is 14.6 Å². The smallest absolute Gasteiger partial charge is 0.129 e. The molecular weight excluding hydrogens is 352 g/mol. The third-order valence-electron chi connectivity index (χ3n) is 3.43. The number of rotatable bonds is 3. The normalized spacial score (nSPS) is 19.7. The lowest BCUT2D eigenvalue weighted by Crippen LogP contribution is -2.34. The Bertz CT molecular complexity index is 651. The Balaban J connectivity index is 1.76. The van der Waals surface area contributed by atoms with E-state index < -0.39 is 6.10 Å². The molecule has 21 heavy (non-hydrogen) atoms. The third kappa shape index (κ3) is 3.42. The summed E-state index contributed by atoms with van der Waals surface area (Å²) in [5.41, 5.74) is 0.476. The van der Waals surface area contributed by atoms with Crippen molar-refractivity contribution in [1.82, 2.24) is 0 Å². The van der Waals surface area contributed by atoms with Crippen LogP contribution in [0.5, 0.6) is 11.5 Å². The number of ether oxygens (including phenoxy) is 2. The molecule has 0 aliphatic carbocycles. The van der Waals surface area contributed by atoms with Crippen LogP contribution in [0.4, 0.5) is 0 Å². The molecule has 0 bridgehead atoms. The van der Waals surface area contributed by atoms with Crippen LogP contribution in [0, 0.1) is 0 Å². The average molecular weight is 369 g/mol. The highest BCUT2D eigenvalue weighted by atomic mass is 79.9. The second-order valence-corrected chi connectivity index (χ2v) is 8.32. The summed E-state index contributed by atoms with van der Waals surface area (Å²) in [5, 5.41) is 10.2. The molecule has 1 aromatic heterocycles. The fourth-order valence-electron chi connectivity index (χ4n) is 2.47. The van der Waals surface area contributed by atoms with Gasteiger partial charge in [0.05, 0.1) is 9.89 Å². The molecule has 2 heterocycles. The molecule has 5 heteroatoms. The molecule has 1 aliphatic rings. The maximum absolute atomic E-state index is 10.2. The molecule has 3 rings (SSSR count). The minimum absolute atomic E-state index is 0.357. The molecule has 2 aromatic rings. The van der Waals surface area contributed by atoms with Crippen molar-refractivity contribution in [2.75, 3.05) is 0 Å². The van der Waals surface area contributed by atoms with Crippen LogP contribution >= 0.6 is 27.3 Å². The molecule has 1 aromatic carbocycles. The van der Waals surface area contributed by atoms with Crippen LogP contribution in [0.3, 0.4) is 0 Å². The van der Waals surface area contributed by atoms with Gasteiger partial charge in [-0.25, -0.2) is 0 Å². The van der Waals surface area contributed by atoms with Gasteiger partial charge in [-0.1, -0.05) is 0 Å². The van der Waals surface area contributed by atoms with Gasteiger partial charge in [0.25, 0.3) is 0 Å². The van der Waals surface area contributed by atoms with Crippen LogP contribution in [0.15, 0.2) is 34.1 Å². The molecule has 0 saturated heterocycles. The summed E-state index contributed by atoms with van der Waals surface area (Å²) in [7, 11) is 0. The van der Waals surface area contributed by atoms with Crippen molar-refractivity contribution in [1.29, 1.82) is 0 Å². The molecule has 1 atom stereocenters. The van der Waals surface area contributed by atoms with E-state index in [0.717, 1.165) is 20.0 Å². The minimum Gasteiger partial charge on any atom is -0.488 e. The molecule has 1 unspecified atom stereocenters. The number of aliphatic hydroxyl groups is 1. The van der Waals surface area contributed by atoms with Crippen molar-refractivity contribution in [3.63, 3.8) is 0 Å². The van der Waals surface area contributed by atoms with Crippen LogP contribution in [0.25, 0.3) is 0 Å². The zero-order valence-corrected chi connectivity index (χ0v) is 14.3. The van der Waals surface area contributed by atoms with Crippen LogP contribution < -0.4 is 9.47 Å². The molecule has 112 valence electrons. The predicted molar refractivity (Wildman–Crippen MR) is 87.1 cm³/mol. The molecule has 0 saturated carbocycles. The third-order valence-corrected chi connectivity index (χ3v) is 5.02. The first kappa shape index (κ1) is 14.9. The highest BCUT2D eigenvalue weighted by Crippen LogP contribution is 2.41. The van der Waals surface area contributed by atoms with E-state index in [1.54, 1.807) is 11.3 Å². The number of hydrogen-bond acceptors (Lipinski definition) is 4. The van der Waals surface area contributed by atoms with E-state index in [0.29, 0.717) is 18.8 Å². The van der Waals surface area contributed by atoms with E-state index in [4.69, 9.17) is 9.47 Å². The largest absolute Gasteiger partial charge is 0.488 e. The topological polar surface area (TPSA) is 38.7 Å². The second kappa shape index (κ2) is 5.63. The predicted octanol–water partition coefficient (Wildman–Crippen LogP) is 4.68. The van der Waals surface area contributed by atoms with E-state index >= 15 is 0 Å². The van der Waals surface area contributed by atoms with Crippen molar-refractivity contribution in [2.24, 2.45) is 0 Å². The molecular formula is C16H17BrO3S. The Morgan fingerprint density at radius 2 is 2.19 bits per heavy atom. The molecule has 0 radical (unpaired) electrons. The van der Waals surface area contributed by atoms with Gasteiger partial charge >= 0.3 is 0 Å². The van der Waals surface area contributed by atoms with E-state index in [2.05, 4.69) is 15.9 Å². The first-order valence-electron chi connectivity index (χ1n) is 6.81. The maximum atomic E-state index is 10.2. The maximum Gasteiger partial charge on any atom is 0.129 e. The Morgan fingerprint density at radius 1 is 1.38 bits per heavy atom. The first-order chi connectivity index (χ1) is 9.93. The summed E-state index contributed by atoms with van der Waals surface area (Å²) in [4.78, 5) is 1.15. The SMILES string of the molecule is CC1(C)CC(O)c2ccc(OCc3ccc(Br)s3)cc2O1. The summed E-state index contributed by atoms with van der Waals surface area (Å²) in [6.45, 7) is 4.49. The van der Waals surface area contributed by atoms with Gasteiger partial charge in [0.1, 0.15) is 23.7 Å². The van der Waals surface area contributed by atoms with Crippen molar-refractivity contribution >= 4 is 27.3 Å². The highest BCUT2D eigenvalue weighted by Gasteiger charge is 2.32. The summed E-state index contributed by atoms with van der Waals surface area (Å²) >= 11 is 5.10. The highest BCUT2D eigenvalue weighted by molar-refractivity contribution is 9.11. The van der Waals surface area contributed by atoms with Crippen LogP contribution in [0.2, 0.25) is 0 Å². The summed E-state index contributed by atoms with van der Waals surface area (Å²) in [6, 6.07) is 9.68. The number of aliphatic hydroxyl groups excluding tert-OH is 1. The van der Waals surface area contributed by atoms with Crippen LogP contribution in [0.1, 0.15) is 36.8 Å². The van der Waals surface area contributed by atoms with E-state index in [1.165, 1.54) is 0 Å². The quantitative estimate of drug-likeness (QED) is 0.854. The second-order valence-electron chi connectivity index (χ2n) is 5.78. The Hall–Kier alpha value is -1.04. The van der Waals surface area contributed by atoms with E-state index in [-0.39, 0.29) is 5.60 Å². The number of fused-ring (bicyclic) bond motifs is 1. The van der Waals surface area contributed by atoms with Crippen LogP contribution in [-0.2, 0) is 6.61 Å². The summed E-state index contributed by atoms with van der Waals surface area (Å²) in [6.07, 6.45) is 0.120. The minimum atomic E-state index is -0.481. The summed E-state index contributed by atoms with van der Waals surface area (Å²) < 4.78 is 12.8. The molecule has 3 nitrogen and oxygen atoms in total. The lowest BCUT2D eigenvalue weighted by Gasteiger charge is -2.35. The first-order valence-corrected chi connectivity index (χ1v) is 8.42. The molecule has 1 N–H and O–H groups in total. The Morgan fingerprint density at radius 3 is 2.90 bits per heavy atom. The van der Waals surface area contributed by atoms with Gasteiger partial charge in [-0.15, -0.1) is 11.3 Å². The van der Waals surface area contributed by atoms with Crippen molar-refractivity contribution in [3.8, 4) is 11.5 Å². The van der Waals surface area contributed by atoms with Gasteiger partial charge in [-0.3, -0.25) is 0 Å². The van der Waals surface area contributed by atoms with Gasteiger partial charge in [-0.2, -0.15) is 0 Å². The van der Waals surface area contributed by atoms with E-state index in [9.17, 15) is 5.11 Å². The summed E-state index contributed by atoms with van der Waals surface area (Å²) in [5.74, 6) is 1.46. The number of halogens is 1. The number of thiophene rings is 1. The van der Waals surface area contributed by atoms with Crippen LogP contribution in [-0.4, -0.2) is 10.7 Å². The van der Waals surface area contributed by atoms with Gasteiger partial charge in [0.15, 0.2) is 0 Å². The fraction of sp³-hybridized carbons (Fsp3) is 0.375. The Kier molecular flexibility index (Phi) is 3.99. The zero-order valence-electron chi connectivity index (χ0n) is 11.9. The zero-order chi connectivity index (χ0) is 15.0. The van der Waals surface area contributed by atoms with Crippen molar-refractivity contribution in [3.05, 3.63) is 44.6 Å². The lowest BCUT2D eigenvalue weighted by molar-refractivity contribution is 0.0113. The molecule has 1 aliphatic heterocycles. The number of benzene rings is 1. The fourth-order valence-corrected chi connectivity index (χ4v) is 3.86. The van der Waals surface area contributed by atoms with Gasteiger partial charge in [0.2, 0.25) is 0 Å². The lowest BCUT2D eigenvalue weighted by atomic mass is 9.92. The van der Waals surface area contributed by atoms with Crippen molar-refractivity contribution in [2.45, 2.75) is 38.6 Å². The standard InChI is InChI=1S/C16H17BrO3S/c1-16(2)8-13(18)12-5-3-10(7-14(12)20-16)19-9-11-4-6-15(17)21-11/h3-7,13,18H,8-9H2,1-2H3. The molecule has 0 spiro atoms. The number of hydrogen-bond donors (Lipinski definition) is 1. The van der Waals surface area contributed by atoms with Gasteiger partial charge in [-0.05, 0) is 54.0 Å². The monoisotopic (exact) mass is 368 g/mol. The van der Waals surface area contributed by atoms with Gasteiger partial charge in [0, 0.05) is 22.9 Å². The Labute approximate surface area is 136 Å². The average Bonchev–Trinajstić information content (AvgIpc) is 2.80. The van der Waals surface area contributed by atoms with E-state index in [1.807, 2.05) is 44.2 Å².